The molecule has 1 fully saturated rings. The molecule has 144 valence electrons. The first kappa shape index (κ1) is 16.8. The topological polar surface area (TPSA) is 93.4 Å². The molecular weight excluding hydrogens is 370 g/mol. The summed E-state index contributed by atoms with van der Waals surface area (Å²) in [6.07, 6.45) is 4.66. The Morgan fingerprint density at radius 2 is 2.07 bits per heavy atom. The first-order valence-corrected chi connectivity index (χ1v) is 8.91. The Morgan fingerprint density at radius 3 is 2.89 bits per heavy atom. The lowest BCUT2D eigenvalue weighted by Crippen LogP contribution is -2.49. The fraction of sp³-hybridized carbons (Fsp3) is 0.333. The van der Waals surface area contributed by atoms with Crippen LogP contribution in [0.5, 0.6) is 5.88 Å². The molecule has 4 bridgehead atoms. The number of pyridine rings is 1. The molecule has 5 heterocycles. The van der Waals surface area contributed by atoms with E-state index in [-0.39, 0.29) is 41.0 Å². The number of ether oxygens (including phenoxy) is 1. The van der Waals surface area contributed by atoms with Crippen LogP contribution in [0, 0.1) is 11.6 Å². The van der Waals surface area contributed by atoms with Gasteiger partial charge in [0.25, 0.3) is 5.91 Å². The molecule has 28 heavy (non-hydrogen) atoms. The highest BCUT2D eigenvalue weighted by molar-refractivity contribution is 6.00. The van der Waals surface area contributed by atoms with Crippen molar-refractivity contribution in [2.75, 3.05) is 5.32 Å². The van der Waals surface area contributed by atoms with Crippen molar-refractivity contribution in [2.24, 2.45) is 0 Å². The SMILES string of the molecule is C[C@H]1Nc2nc3c(cnn3cc2F)C(=O)N[C@H]2C[C@H](C2)Oc2ncc(F)cc21. The summed E-state index contributed by atoms with van der Waals surface area (Å²) in [7, 11) is 0. The molecule has 3 aliphatic rings. The number of halogens is 2. The first-order valence-electron chi connectivity index (χ1n) is 8.91. The Hall–Kier alpha value is -3.30. The van der Waals surface area contributed by atoms with Crippen molar-refractivity contribution in [3.63, 3.8) is 0 Å². The summed E-state index contributed by atoms with van der Waals surface area (Å²) in [4.78, 5) is 20.9. The summed E-state index contributed by atoms with van der Waals surface area (Å²) in [5.74, 6) is -1.30. The van der Waals surface area contributed by atoms with Crippen molar-refractivity contribution in [2.45, 2.75) is 38.0 Å². The molecule has 10 heteroatoms. The van der Waals surface area contributed by atoms with Crippen molar-refractivity contribution in [3.8, 4) is 5.88 Å². The predicted octanol–water partition coefficient (Wildman–Crippen LogP) is 2.23. The fourth-order valence-corrected chi connectivity index (χ4v) is 3.49. The van der Waals surface area contributed by atoms with Gasteiger partial charge >= 0.3 is 0 Å². The summed E-state index contributed by atoms with van der Waals surface area (Å²) >= 11 is 0. The molecular formula is C18H16F2N6O2. The van der Waals surface area contributed by atoms with E-state index in [0.29, 0.717) is 18.4 Å². The van der Waals surface area contributed by atoms with Gasteiger partial charge in [0.2, 0.25) is 5.88 Å². The van der Waals surface area contributed by atoms with Crippen LogP contribution in [0.4, 0.5) is 14.6 Å². The smallest absolute Gasteiger partial charge is 0.256 e. The van der Waals surface area contributed by atoms with E-state index in [1.54, 1.807) is 6.92 Å². The monoisotopic (exact) mass is 386 g/mol. The van der Waals surface area contributed by atoms with Gasteiger partial charge in [-0.05, 0) is 13.0 Å². The van der Waals surface area contributed by atoms with Gasteiger partial charge in [0.1, 0.15) is 17.5 Å². The molecule has 6 rings (SSSR count). The molecule has 1 aliphatic carbocycles. The molecule has 2 N–H and O–H groups in total. The van der Waals surface area contributed by atoms with Crippen LogP contribution in [0.15, 0.2) is 24.7 Å². The van der Waals surface area contributed by atoms with Crippen molar-refractivity contribution in [3.05, 3.63) is 47.4 Å². The van der Waals surface area contributed by atoms with E-state index < -0.39 is 17.7 Å². The van der Waals surface area contributed by atoms with Crippen LogP contribution in [-0.2, 0) is 0 Å². The molecule has 0 spiro atoms. The number of fused-ring (bicyclic) bond motifs is 2. The number of carbonyl (C=O) groups excluding carboxylic acids is 1. The zero-order valence-corrected chi connectivity index (χ0v) is 14.8. The minimum absolute atomic E-state index is 0.0604. The third kappa shape index (κ3) is 2.72. The van der Waals surface area contributed by atoms with Crippen molar-refractivity contribution in [1.82, 2.24) is 24.9 Å². The van der Waals surface area contributed by atoms with Gasteiger partial charge in [-0.2, -0.15) is 5.10 Å². The molecule has 0 aromatic carbocycles. The zero-order chi connectivity index (χ0) is 19.4. The Balaban J connectivity index is 1.63. The van der Waals surface area contributed by atoms with Gasteiger partial charge in [-0.3, -0.25) is 4.79 Å². The number of rotatable bonds is 0. The van der Waals surface area contributed by atoms with E-state index in [1.165, 1.54) is 16.8 Å². The standard InChI is InChI=1S/C18H16F2N6O2/c1-8-12-2-9(19)5-21-18(12)28-11-3-10(4-11)24-17(27)13-6-22-26-7-14(20)15(23-8)25-16(13)26/h2,5-8,10-11H,3-4H2,1H3,(H,23,25)(H,24,27)/t8-,10-,11+/m1/s1. The normalized spacial score (nSPS) is 23.8. The van der Waals surface area contributed by atoms with Crippen molar-refractivity contribution in [1.29, 1.82) is 0 Å². The minimum Gasteiger partial charge on any atom is -0.474 e. The Labute approximate surface area is 157 Å². The maximum Gasteiger partial charge on any atom is 0.256 e. The van der Waals surface area contributed by atoms with E-state index in [4.69, 9.17) is 4.74 Å². The van der Waals surface area contributed by atoms with Crippen molar-refractivity contribution >= 4 is 17.4 Å². The molecule has 2 aliphatic heterocycles. The summed E-state index contributed by atoms with van der Waals surface area (Å²) < 4.78 is 35.4. The van der Waals surface area contributed by atoms with Crippen LogP contribution >= 0.6 is 0 Å². The number of aromatic nitrogens is 4. The van der Waals surface area contributed by atoms with Gasteiger partial charge in [-0.25, -0.2) is 23.3 Å². The molecule has 8 nitrogen and oxygen atoms in total. The van der Waals surface area contributed by atoms with Gasteiger partial charge < -0.3 is 15.4 Å². The quantitative estimate of drug-likeness (QED) is 0.616. The zero-order valence-electron chi connectivity index (χ0n) is 14.8. The largest absolute Gasteiger partial charge is 0.474 e. The van der Waals surface area contributed by atoms with Gasteiger partial charge in [-0.1, -0.05) is 0 Å². The van der Waals surface area contributed by atoms with Crippen molar-refractivity contribution < 1.29 is 18.3 Å². The maximum absolute atomic E-state index is 14.5. The lowest BCUT2D eigenvalue weighted by Gasteiger charge is -2.36. The molecule has 1 amide bonds. The van der Waals surface area contributed by atoms with Gasteiger partial charge in [-0.15, -0.1) is 0 Å². The molecule has 0 saturated heterocycles. The van der Waals surface area contributed by atoms with Crippen LogP contribution in [0.3, 0.4) is 0 Å². The summed E-state index contributed by atoms with van der Waals surface area (Å²) in [5, 5.41) is 9.83. The van der Waals surface area contributed by atoms with E-state index in [1.807, 2.05) is 0 Å². The third-order valence-electron chi connectivity index (χ3n) is 5.07. The highest BCUT2D eigenvalue weighted by atomic mass is 19.1. The Morgan fingerprint density at radius 1 is 1.25 bits per heavy atom. The highest BCUT2D eigenvalue weighted by Gasteiger charge is 2.34. The van der Waals surface area contributed by atoms with E-state index >= 15 is 0 Å². The third-order valence-corrected chi connectivity index (χ3v) is 5.07. The molecule has 1 atom stereocenters. The van der Waals surface area contributed by atoms with E-state index in [0.717, 1.165) is 12.4 Å². The van der Waals surface area contributed by atoms with Crippen LogP contribution in [0.25, 0.3) is 5.65 Å². The second-order valence-electron chi connectivity index (χ2n) is 7.06. The first-order chi connectivity index (χ1) is 13.5. The number of anilines is 1. The summed E-state index contributed by atoms with van der Waals surface area (Å²) in [6.45, 7) is 1.73. The molecule has 3 aromatic rings. The van der Waals surface area contributed by atoms with Crippen LogP contribution < -0.4 is 15.4 Å². The minimum atomic E-state index is -0.656. The van der Waals surface area contributed by atoms with Gasteiger partial charge in [0, 0.05) is 24.4 Å². The van der Waals surface area contributed by atoms with E-state index in [2.05, 4.69) is 25.7 Å². The number of nitrogens with one attached hydrogen (secondary N) is 2. The number of carbonyl (C=O) groups is 1. The predicted molar refractivity (Wildman–Crippen MR) is 94.1 cm³/mol. The van der Waals surface area contributed by atoms with Crippen LogP contribution in [-0.4, -0.2) is 37.6 Å². The number of hydrogen-bond donors (Lipinski definition) is 2. The summed E-state index contributed by atoms with van der Waals surface area (Å²) in [6, 6.07) is 0.709. The van der Waals surface area contributed by atoms with E-state index in [9.17, 15) is 13.6 Å². The number of amides is 1. The average molecular weight is 386 g/mol. The highest BCUT2D eigenvalue weighted by Crippen LogP contribution is 2.32. The second-order valence-corrected chi connectivity index (χ2v) is 7.06. The molecule has 1 saturated carbocycles. The lowest BCUT2D eigenvalue weighted by molar-refractivity contribution is 0.0671. The fourth-order valence-electron chi connectivity index (χ4n) is 3.49. The summed E-state index contributed by atoms with van der Waals surface area (Å²) in [5.41, 5.74) is 0.944. The number of hydrogen-bond acceptors (Lipinski definition) is 6. The second kappa shape index (κ2) is 6.11. The Kier molecular flexibility index (Phi) is 3.68. The maximum atomic E-state index is 14.5. The molecule has 0 radical (unpaired) electrons. The Bertz CT molecular complexity index is 1100. The molecule has 0 unspecified atom stereocenters. The van der Waals surface area contributed by atoms with Gasteiger partial charge in [0.15, 0.2) is 17.3 Å². The number of nitrogens with zero attached hydrogens (tertiary/aromatic N) is 4. The van der Waals surface area contributed by atoms with Crippen LogP contribution in [0.2, 0.25) is 0 Å². The average Bonchev–Trinajstić information content (AvgIpc) is 3.03. The van der Waals surface area contributed by atoms with Crippen LogP contribution in [0.1, 0.15) is 41.7 Å². The lowest BCUT2D eigenvalue weighted by atomic mass is 9.89. The molecule has 3 aromatic heterocycles. The van der Waals surface area contributed by atoms with Gasteiger partial charge in [0.05, 0.1) is 24.6 Å².